The number of likely N-dealkylation sites (N-methyl/N-ethyl adjacent to an activating group) is 1. The van der Waals surface area contributed by atoms with Crippen LogP contribution in [0, 0.1) is 0 Å². The first-order valence-electron chi connectivity index (χ1n) is 6.73. The Kier molecular flexibility index (Phi) is 7.97. The molecule has 0 fully saturated rings. The average Bonchev–Trinajstić information content (AvgIpc) is 2.46. The van der Waals surface area contributed by atoms with Crippen molar-refractivity contribution in [3.8, 4) is 0 Å². The van der Waals surface area contributed by atoms with Gasteiger partial charge in [-0.25, -0.2) is 0 Å². The summed E-state index contributed by atoms with van der Waals surface area (Å²) < 4.78 is 7.19. The minimum absolute atomic E-state index is 0. The standard InChI is InChI=1S/C17H20BrNO.ClH/c1-19(2)12-13-20-17(14-6-4-3-5-7-14)15-8-10-16(18)11-9-15;/h3-11,17H,12-13H2,1-2H3;1H/p-1. The zero-order valence-corrected chi connectivity index (χ0v) is 14.6. The smallest absolute Gasteiger partial charge is 0.108 e. The van der Waals surface area contributed by atoms with Gasteiger partial charge in [0.15, 0.2) is 0 Å². The molecule has 21 heavy (non-hydrogen) atoms. The summed E-state index contributed by atoms with van der Waals surface area (Å²) in [6.07, 6.45) is -0.00995. The first-order valence-corrected chi connectivity index (χ1v) is 7.53. The van der Waals surface area contributed by atoms with E-state index in [-0.39, 0.29) is 18.5 Å². The molecule has 0 aliphatic carbocycles. The molecule has 1 atom stereocenters. The molecule has 0 saturated heterocycles. The Labute approximate surface area is 141 Å². The number of hydrogen-bond acceptors (Lipinski definition) is 2. The lowest BCUT2D eigenvalue weighted by atomic mass is 10.0. The summed E-state index contributed by atoms with van der Waals surface area (Å²) in [5.41, 5.74) is 2.37. The van der Waals surface area contributed by atoms with Gasteiger partial charge in [0.25, 0.3) is 0 Å². The van der Waals surface area contributed by atoms with Crippen LogP contribution < -0.4 is 12.4 Å². The Morgan fingerprint density at radius 2 is 1.52 bits per heavy atom. The van der Waals surface area contributed by atoms with Crippen LogP contribution in [0.3, 0.4) is 0 Å². The number of halogens is 2. The quantitative estimate of drug-likeness (QED) is 0.757. The Hall–Kier alpha value is -0.870. The van der Waals surface area contributed by atoms with E-state index < -0.39 is 0 Å². The van der Waals surface area contributed by atoms with Crippen molar-refractivity contribution < 1.29 is 17.1 Å². The third kappa shape index (κ3) is 5.79. The molecular weight excluding hydrogens is 350 g/mol. The van der Waals surface area contributed by atoms with E-state index in [0.29, 0.717) is 6.61 Å². The number of ether oxygens (including phenoxy) is 1. The molecule has 2 aromatic rings. The van der Waals surface area contributed by atoms with E-state index in [0.717, 1.165) is 11.0 Å². The van der Waals surface area contributed by atoms with Crippen LogP contribution in [0.5, 0.6) is 0 Å². The highest BCUT2D eigenvalue weighted by Crippen LogP contribution is 2.27. The van der Waals surface area contributed by atoms with Crippen LogP contribution >= 0.6 is 15.9 Å². The molecule has 4 heteroatoms. The van der Waals surface area contributed by atoms with Crippen molar-refractivity contribution in [3.63, 3.8) is 0 Å². The van der Waals surface area contributed by atoms with Gasteiger partial charge in [0.1, 0.15) is 6.10 Å². The van der Waals surface area contributed by atoms with Crippen LogP contribution in [-0.2, 0) is 4.74 Å². The van der Waals surface area contributed by atoms with Crippen molar-refractivity contribution in [1.29, 1.82) is 0 Å². The minimum Gasteiger partial charge on any atom is -1.00 e. The maximum atomic E-state index is 6.11. The Bertz CT molecular complexity index is 516. The molecule has 114 valence electrons. The van der Waals surface area contributed by atoms with E-state index in [2.05, 4.69) is 83.5 Å². The fraction of sp³-hybridized carbons (Fsp3) is 0.294. The summed E-state index contributed by atoms with van der Waals surface area (Å²) in [6.45, 7) is 1.63. The summed E-state index contributed by atoms with van der Waals surface area (Å²) in [5.74, 6) is 0. The van der Waals surface area contributed by atoms with Crippen molar-refractivity contribution in [2.45, 2.75) is 6.10 Å². The lowest BCUT2D eigenvalue weighted by molar-refractivity contribution is -0.00000536. The molecular formula is C17H20BrClNO-. The molecule has 0 aromatic heterocycles. The first kappa shape index (κ1) is 18.2. The van der Waals surface area contributed by atoms with Crippen LogP contribution in [0.25, 0.3) is 0 Å². The van der Waals surface area contributed by atoms with Crippen LogP contribution in [0.15, 0.2) is 59.1 Å². The molecule has 0 amide bonds. The van der Waals surface area contributed by atoms with Gasteiger partial charge in [0.05, 0.1) is 6.61 Å². The summed E-state index contributed by atoms with van der Waals surface area (Å²) in [6, 6.07) is 18.7. The molecule has 2 rings (SSSR count). The molecule has 2 nitrogen and oxygen atoms in total. The summed E-state index contributed by atoms with van der Waals surface area (Å²) >= 11 is 3.48. The highest BCUT2D eigenvalue weighted by molar-refractivity contribution is 9.10. The predicted molar refractivity (Wildman–Crippen MR) is 86.9 cm³/mol. The molecule has 0 aliphatic heterocycles. The first-order chi connectivity index (χ1) is 9.66. The summed E-state index contributed by atoms with van der Waals surface area (Å²) in [4.78, 5) is 2.13. The molecule has 0 spiro atoms. The van der Waals surface area contributed by atoms with Crippen LogP contribution in [0.4, 0.5) is 0 Å². The lowest BCUT2D eigenvalue weighted by Crippen LogP contribution is -3.00. The fourth-order valence-electron chi connectivity index (χ4n) is 2.00. The zero-order valence-electron chi connectivity index (χ0n) is 12.3. The number of rotatable bonds is 6. The maximum Gasteiger partial charge on any atom is 0.108 e. The second kappa shape index (κ2) is 9.21. The average molecular weight is 370 g/mol. The second-order valence-corrected chi connectivity index (χ2v) is 5.93. The van der Waals surface area contributed by atoms with E-state index in [4.69, 9.17) is 4.74 Å². The normalized spacial score (nSPS) is 12.0. The van der Waals surface area contributed by atoms with E-state index in [1.165, 1.54) is 11.1 Å². The van der Waals surface area contributed by atoms with Gasteiger partial charge >= 0.3 is 0 Å². The topological polar surface area (TPSA) is 12.5 Å². The zero-order chi connectivity index (χ0) is 14.4. The van der Waals surface area contributed by atoms with Crippen LogP contribution in [0.1, 0.15) is 17.2 Å². The van der Waals surface area contributed by atoms with Crippen molar-refractivity contribution >= 4 is 15.9 Å². The molecule has 1 unspecified atom stereocenters. The van der Waals surface area contributed by atoms with Crippen molar-refractivity contribution in [2.24, 2.45) is 0 Å². The fourth-order valence-corrected chi connectivity index (χ4v) is 2.27. The SMILES string of the molecule is CN(C)CCOC(c1ccccc1)c1ccc(Br)cc1.[Cl-]. The van der Waals surface area contributed by atoms with Crippen LogP contribution in [-0.4, -0.2) is 32.1 Å². The number of hydrogen-bond donors (Lipinski definition) is 0. The second-order valence-electron chi connectivity index (χ2n) is 5.02. The summed E-state index contributed by atoms with van der Waals surface area (Å²) in [7, 11) is 4.11. The van der Waals surface area contributed by atoms with E-state index in [1.54, 1.807) is 0 Å². The van der Waals surface area contributed by atoms with Crippen molar-refractivity contribution in [2.75, 3.05) is 27.2 Å². The monoisotopic (exact) mass is 368 g/mol. The van der Waals surface area contributed by atoms with E-state index in [9.17, 15) is 0 Å². The van der Waals surface area contributed by atoms with Gasteiger partial charge in [0, 0.05) is 11.0 Å². The lowest BCUT2D eigenvalue weighted by Gasteiger charge is -2.20. The third-order valence-electron chi connectivity index (χ3n) is 3.10. The van der Waals surface area contributed by atoms with E-state index in [1.807, 2.05) is 6.07 Å². The van der Waals surface area contributed by atoms with E-state index >= 15 is 0 Å². The van der Waals surface area contributed by atoms with Gasteiger partial charge < -0.3 is 22.0 Å². The van der Waals surface area contributed by atoms with Gasteiger partial charge in [-0.3, -0.25) is 0 Å². The summed E-state index contributed by atoms with van der Waals surface area (Å²) in [5, 5.41) is 0. The van der Waals surface area contributed by atoms with Gasteiger partial charge in [-0.1, -0.05) is 58.4 Å². The van der Waals surface area contributed by atoms with Crippen molar-refractivity contribution in [3.05, 3.63) is 70.2 Å². The molecule has 0 aliphatic rings. The largest absolute Gasteiger partial charge is 1.00 e. The molecule has 0 heterocycles. The number of nitrogens with zero attached hydrogens (tertiary/aromatic N) is 1. The molecule has 2 aromatic carbocycles. The minimum atomic E-state index is -0.00995. The highest BCUT2D eigenvalue weighted by Gasteiger charge is 2.14. The Morgan fingerprint density at radius 1 is 0.952 bits per heavy atom. The Morgan fingerprint density at radius 3 is 2.10 bits per heavy atom. The van der Waals surface area contributed by atoms with Gasteiger partial charge in [-0.05, 0) is 37.4 Å². The molecule has 0 saturated carbocycles. The molecule has 0 radical (unpaired) electrons. The maximum absolute atomic E-state index is 6.11. The van der Waals surface area contributed by atoms with Gasteiger partial charge in [-0.15, -0.1) is 0 Å². The van der Waals surface area contributed by atoms with Gasteiger partial charge in [-0.2, -0.15) is 0 Å². The predicted octanol–water partition coefficient (Wildman–Crippen LogP) is 1.12. The highest BCUT2D eigenvalue weighted by atomic mass is 79.9. The molecule has 0 N–H and O–H groups in total. The number of benzene rings is 2. The van der Waals surface area contributed by atoms with Gasteiger partial charge in [0.2, 0.25) is 0 Å². The van der Waals surface area contributed by atoms with Crippen molar-refractivity contribution in [1.82, 2.24) is 4.90 Å². The Balaban J connectivity index is 0.00000220. The third-order valence-corrected chi connectivity index (χ3v) is 3.63. The van der Waals surface area contributed by atoms with Crippen LogP contribution in [0.2, 0.25) is 0 Å². The molecule has 0 bridgehead atoms.